The van der Waals surface area contributed by atoms with E-state index in [1.54, 1.807) is 13.0 Å². The third kappa shape index (κ3) is 2.75. The van der Waals surface area contributed by atoms with Crippen molar-refractivity contribution in [2.24, 2.45) is 0 Å². The first-order valence-electron chi connectivity index (χ1n) is 4.39. The number of likely N-dealkylation sites (N-methyl/N-ethyl adjacent to an activating group) is 1. The van der Waals surface area contributed by atoms with Gasteiger partial charge in [-0.25, -0.2) is 4.79 Å². The van der Waals surface area contributed by atoms with Gasteiger partial charge in [-0.3, -0.25) is 4.79 Å². The molecule has 16 heavy (non-hydrogen) atoms. The Kier molecular flexibility index (Phi) is 4.76. The van der Waals surface area contributed by atoms with Crippen molar-refractivity contribution < 1.29 is 14.7 Å². The van der Waals surface area contributed by atoms with Gasteiger partial charge in [0.05, 0.1) is 0 Å². The van der Waals surface area contributed by atoms with E-state index in [-0.39, 0.29) is 0 Å². The van der Waals surface area contributed by atoms with E-state index in [4.69, 9.17) is 16.7 Å². The monoisotopic (exact) mass is 325 g/mol. The maximum absolute atomic E-state index is 11.1. The Bertz CT molecular complexity index is 390. The second-order valence-electron chi connectivity index (χ2n) is 2.95. The summed E-state index contributed by atoms with van der Waals surface area (Å²) >= 11 is 10.2. The zero-order valence-corrected chi connectivity index (χ0v) is 11.5. The van der Waals surface area contributed by atoms with Crippen molar-refractivity contribution in [3.63, 3.8) is 0 Å². The number of carboxylic acid groups (broad SMARTS) is 1. The second-order valence-corrected chi connectivity index (χ2v) is 5.49. The van der Waals surface area contributed by atoms with Crippen LogP contribution in [0, 0.1) is 0 Å². The summed E-state index contributed by atoms with van der Waals surface area (Å²) in [5, 5.41) is 9.11. The normalized spacial score (nSPS) is 12.2. The average molecular weight is 327 g/mol. The third-order valence-electron chi connectivity index (χ3n) is 2.00. The van der Waals surface area contributed by atoms with E-state index in [0.717, 1.165) is 11.3 Å². The Balaban J connectivity index is 3.11. The van der Waals surface area contributed by atoms with Gasteiger partial charge in [0, 0.05) is 15.9 Å². The molecule has 1 atom stereocenters. The van der Waals surface area contributed by atoms with E-state index in [9.17, 15) is 9.59 Å². The number of carbonyl (C=O) groups is 2. The van der Waals surface area contributed by atoms with Crippen molar-refractivity contribution in [3.05, 3.63) is 19.8 Å². The highest BCUT2D eigenvalue weighted by atomic mass is 79.9. The number of halogens is 2. The SMILES string of the molecule is CCN(C=O)C(C(=O)O)c1cc(Br)c(Cl)s1. The molecule has 1 rings (SSSR count). The molecule has 0 radical (unpaired) electrons. The van der Waals surface area contributed by atoms with Gasteiger partial charge in [0.1, 0.15) is 4.34 Å². The molecule has 1 N–H and O–H groups in total. The molecule has 0 saturated carbocycles. The van der Waals surface area contributed by atoms with E-state index >= 15 is 0 Å². The summed E-state index contributed by atoms with van der Waals surface area (Å²) in [5.41, 5.74) is 0. The molecule has 0 saturated heterocycles. The lowest BCUT2D eigenvalue weighted by atomic mass is 10.2. The highest BCUT2D eigenvalue weighted by Gasteiger charge is 2.27. The lowest BCUT2D eigenvalue weighted by Gasteiger charge is -2.22. The van der Waals surface area contributed by atoms with E-state index in [1.807, 2.05) is 0 Å². The molecule has 1 heterocycles. The average Bonchev–Trinajstić information content (AvgIpc) is 2.54. The zero-order chi connectivity index (χ0) is 12.3. The molecule has 0 spiro atoms. The van der Waals surface area contributed by atoms with Crippen LogP contribution in [-0.2, 0) is 9.59 Å². The van der Waals surface area contributed by atoms with Gasteiger partial charge in [-0.2, -0.15) is 0 Å². The molecular formula is C9H9BrClNO3S. The van der Waals surface area contributed by atoms with Crippen LogP contribution in [0.3, 0.4) is 0 Å². The van der Waals surface area contributed by atoms with Crippen molar-refractivity contribution in [1.82, 2.24) is 4.90 Å². The molecule has 0 aliphatic heterocycles. The quantitative estimate of drug-likeness (QED) is 0.847. The minimum atomic E-state index is -1.07. The van der Waals surface area contributed by atoms with E-state index in [0.29, 0.717) is 26.6 Å². The summed E-state index contributed by atoms with van der Waals surface area (Å²) in [6.45, 7) is 2.04. The van der Waals surface area contributed by atoms with Crippen molar-refractivity contribution in [2.45, 2.75) is 13.0 Å². The molecule has 1 aromatic heterocycles. The number of carbonyl (C=O) groups excluding carboxylic acids is 1. The smallest absolute Gasteiger partial charge is 0.331 e. The van der Waals surface area contributed by atoms with Gasteiger partial charge in [0.2, 0.25) is 6.41 Å². The molecule has 1 unspecified atom stereocenters. The lowest BCUT2D eigenvalue weighted by Crippen LogP contribution is -2.32. The minimum Gasteiger partial charge on any atom is -0.479 e. The van der Waals surface area contributed by atoms with Gasteiger partial charge in [-0.1, -0.05) is 11.6 Å². The van der Waals surface area contributed by atoms with Gasteiger partial charge in [0.25, 0.3) is 0 Å². The van der Waals surface area contributed by atoms with Gasteiger partial charge < -0.3 is 10.0 Å². The van der Waals surface area contributed by atoms with Crippen LogP contribution >= 0.6 is 38.9 Å². The molecule has 7 heteroatoms. The largest absolute Gasteiger partial charge is 0.479 e. The fourth-order valence-corrected chi connectivity index (χ4v) is 3.09. The number of hydrogen-bond acceptors (Lipinski definition) is 3. The zero-order valence-electron chi connectivity index (χ0n) is 8.31. The number of nitrogens with zero attached hydrogens (tertiary/aromatic N) is 1. The first kappa shape index (κ1) is 13.5. The Hall–Kier alpha value is -0.590. The van der Waals surface area contributed by atoms with Crippen LogP contribution in [0.2, 0.25) is 4.34 Å². The van der Waals surface area contributed by atoms with Crippen molar-refractivity contribution >= 4 is 51.2 Å². The highest BCUT2D eigenvalue weighted by molar-refractivity contribution is 9.10. The fourth-order valence-electron chi connectivity index (χ4n) is 1.24. The highest BCUT2D eigenvalue weighted by Crippen LogP contribution is 2.36. The molecule has 4 nitrogen and oxygen atoms in total. The lowest BCUT2D eigenvalue weighted by molar-refractivity contribution is -0.146. The van der Waals surface area contributed by atoms with E-state index in [1.165, 1.54) is 4.90 Å². The molecular weight excluding hydrogens is 318 g/mol. The first-order valence-corrected chi connectivity index (χ1v) is 6.38. The number of amides is 1. The summed E-state index contributed by atoms with van der Waals surface area (Å²) in [7, 11) is 0. The minimum absolute atomic E-state index is 0.327. The fraction of sp³-hybridized carbons (Fsp3) is 0.333. The van der Waals surface area contributed by atoms with Crippen molar-refractivity contribution in [2.75, 3.05) is 6.54 Å². The molecule has 0 aliphatic carbocycles. The topological polar surface area (TPSA) is 57.6 Å². The van der Waals surface area contributed by atoms with Crippen LogP contribution in [0.5, 0.6) is 0 Å². The summed E-state index contributed by atoms with van der Waals surface area (Å²) in [6.07, 6.45) is 0.528. The summed E-state index contributed by atoms with van der Waals surface area (Å²) in [5.74, 6) is -1.07. The van der Waals surface area contributed by atoms with Crippen LogP contribution in [0.4, 0.5) is 0 Å². The first-order chi connectivity index (χ1) is 7.51. The maximum atomic E-state index is 11.1. The van der Waals surface area contributed by atoms with E-state index in [2.05, 4.69) is 15.9 Å². The molecule has 0 aromatic carbocycles. The second kappa shape index (κ2) is 5.65. The summed E-state index contributed by atoms with van der Waals surface area (Å²) < 4.78 is 1.12. The molecule has 1 aromatic rings. The number of aliphatic carboxylic acids is 1. The van der Waals surface area contributed by atoms with Gasteiger partial charge in [0.15, 0.2) is 6.04 Å². The van der Waals surface area contributed by atoms with Gasteiger partial charge in [-0.05, 0) is 28.9 Å². The molecule has 0 bridgehead atoms. The van der Waals surface area contributed by atoms with Crippen molar-refractivity contribution in [1.29, 1.82) is 0 Å². The maximum Gasteiger partial charge on any atom is 0.331 e. The molecule has 0 aliphatic rings. The molecule has 0 fully saturated rings. The Morgan fingerprint density at radius 3 is 2.75 bits per heavy atom. The number of carboxylic acids is 1. The number of hydrogen-bond donors (Lipinski definition) is 1. The van der Waals surface area contributed by atoms with Crippen LogP contribution in [-0.4, -0.2) is 28.9 Å². The summed E-state index contributed by atoms with van der Waals surface area (Å²) in [6, 6.07) is 0.647. The van der Waals surface area contributed by atoms with Crippen LogP contribution < -0.4 is 0 Å². The Labute approximate surface area is 110 Å². The predicted octanol–water partition coefficient (Wildman–Crippen LogP) is 2.77. The van der Waals surface area contributed by atoms with Gasteiger partial charge >= 0.3 is 5.97 Å². The Morgan fingerprint density at radius 1 is 1.81 bits per heavy atom. The van der Waals surface area contributed by atoms with Gasteiger partial charge in [-0.15, -0.1) is 11.3 Å². The third-order valence-corrected chi connectivity index (χ3v) is 4.53. The molecule has 88 valence electrons. The predicted molar refractivity (Wildman–Crippen MR) is 65.8 cm³/mol. The van der Waals surface area contributed by atoms with Crippen LogP contribution in [0.25, 0.3) is 0 Å². The standard InChI is InChI=1S/C9H9BrClNO3S/c1-2-12(4-13)7(9(14)15)6-3-5(10)8(11)16-6/h3-4,7H,2H2,1H3,(H,14,15). The number of thiophene rings is 1. The Morgan fingerprint density at radius 2 is 2.44 bits per heavy atom. The van der Waals surface area contributed by atoms with E-state index < -0.39 is 12.0 Å². The molecule has 1 amide bonds. The summed E-state index contributed by atoms with van der Waals surface area (Å²) in [4.78, 5) is 23.6. The van der Waals surface area contributed by atoms with Crippen LogP contribution in [0.15, 0.2) is 10.5 Å². The van der Waals surface area contributed by atoms with Crippen molar-refractivity contribution in [3.8, 4) is 0 Å². The number of rotatable bonds is 5. The van der Waals surface area contributed by atoms with Crippen LogP contribution in [0.1, 0.15) is 17.8 Å².